The summed E-state index contributed by atoms with van der Waals surface area (Å²) in [5.74, 6) is -0.815. The van der Waals surface area contributed by atoms with E-state index in [9.17, 15) is 19.1 Å². The molecule has 0 unspecified atom stereocenters. The summed E-state index contributed by atoms with van der Waals surface area (Å²) >= 11 is 0. The summed E-state index contributed by atoms with van der Waals surface area (Å²) in [5, 5.41) is 31.2. The molecule has 1 heterocycles. The second kappa shape index (κ2) is 15.9. The Labute approximate surface area is 250 Å². The molecule has 1 aliphatic carbocycles. The van der Waals surface area contributed by atoms with Crippen molar-refractivity contribution in [2.45, 2.75) is 76.5 Å². The number of carboxylic acids is 1. The van der Waals surface area contributed by atoms with Crippen LogP contribution in [0, 0.1) is 5.82 Å². The Hall–Kier alpha value is -2.56. The third kappa shape index (κ3) is 10.5. The molecule has 8 nitrogen and oxygen atoms in total. The van der Waals surface area contributed by atoms with Crippen molar-refractivity contribution in [3.05, 3.63) is 77.4 Å². The minimum Gasteiger partial charge on any atom is -0.550 e. The maximum Gasteiger partial charge on any atom is 1.00 e. The molecule has 39 heavy (non-hydrogen) atoms. The number of hydrogen-bond acceptors (Lipinski definition) is 6. The number of imidazole rings is 1. The van der Waals surface area contributed by atoms with Gasteiger partial charge in [-0.2, -0.15) is 0 Å². The molecule has 10 heteroatoms. The number of halogens is 1. The van der Waals surface area contributed by atoms with Crippen molar-refractivity contribution in [3.63, 3.8) is 0 Å². The van der Waals surface area contributed by atoms with Gasteiger partial charge < -0.3 is 30.4 Å². The van der Waals surface area contributed by atoms with Gasteiger partial charge in [-0.15, -0.1) is 0 Å². The minimum absolute atomic E-state index is 0. The second-order valence-corrected chi connectivity index (χ2v) is 9.64. The number of benzene rings is 2. The van der Waals surface area contributed by atoms with Crippen LogP contribution in [0.3, 0.4) is 0 Å². The molecule has 0 radical (unpaired) electrons. The van der Waals surface area contributed by atoms with Crippen LogP contribution in [0.2, 0.25) is 0 Å². The number of carbonyl (C=O) groups excluding carboxylic acids is 2. The number of aliphatic hydroxyl groups is 2. The topological polar surface area (TPSA) is 138 Å². The molecule has 3 aromatic rings. The van der Waals surface area contributed by atoms with Crippen LogP contribution in [0.25, 0.3) is 11.4 Å². The van der Waals surface area contributed by atoms with Crippen molar-refractivity contribution in [3.8, 4) is 11.4 Å². The Morgan fingerprint density at radius 1 is 1.10 bits per heavy atom. The summed E-state index contributed by atoms with van der Waals surface area (Å²) in [6.07, 6.45) is 1.63. The molecule has 1 saturated carbocycles. The summed E-state index contributed by atoms with van der Waals surface area (Å²) in [7, 11) is 0. The van der Waals surface area contributed by atoms with Crippen LogP contribution < -0.4 is 40.0 Å². The predicted molar refractivity (Wildman–Crippen MR) is 139 cm³/mol. The van der Waals surface area contributed by atoms with Gasteiger partial charge in [0.25, 0.3) is 5.91 Å². The van der Waals surface area contributed by atoms with E-state index in [0.29, 0.717) is 23.9 Å². The zero-order chi connectivity index (χ0) is 27.7. The number of aliphatic hydroxyl groups excluding tert-OH is 2. The standard InChI is InChI=1S/C21H20FN3O.C8H16O4.Na/c1-13(14-5-3-2-4-6-14)23-21(26)19-18(15-7-8-15)24-20(25-19)16-9-11-17(22)12-10-16;1-2-3-6(9)4-7(10)5-8(11)12;/h2-6,9-13,15H,7-8H2,1H3,(H,23,26)(H,24,25);6-7,9-10H,2-5H2,1H3,(H,11,12);/q;;+1/p-1/t13-;6-,7-;/m01./s1. The number of aliphatic carboxylic acids is 1. The largest absolute Gasteiger partial charge is 1.00 e. The van der Waals surface area contributed by atoms with Crippen molar-refractivity contribution < 1.29 is 58.9 Å². The molecule has 4 N–H and O–H groups in total. The normalized spacial score (nSPS) is 14.7. The van der Waals surface area contributed by atoms with E-state index in [0.717, 1.165) is 36.1 Å². The van der Waals surface area contributed by atoms with Gasteiger partial charge in [-0.05, 0) is 62.4 Å². The van der Waals surface area contributed by atoms with Crippen LogP contribution in [0.5, 0.6) is 0 Å². The van der Waals surface area contributed by atoms with Gasteiger partial charge in [-0.1, -0.05) is 43.7 Å². The Morgan fingerprint density at radius 3 is 2.31 bits per heavy atom. The molecule has 204 valence electrons. The number of aromatic amines is 1. The maximum absolute atomic E-state index is 13.2. The first-order chi connectivity index (χ1) is 18.2. The molecule has 0 aliphatic heterocycles. The number of rotatable bonds is 11. The fourth-order valence-electron chi connectivity index (χ4n) is 4.10. The summed E-state index contributed by atoms with van der Waals surface area (Å²) in [5.41, 5.74) is 3.13. The SMILES string of the molecule is CCC[C@@H](O)C[C@@H](O)CC(=O)[O-].C[C@H](NC(=O)c1nc(-c2ccc(F)cc2)[nH]c1C1CC1)c1ccccc1.[Na+]. The van der Waals surface area contributed by atoms with Crippen molar-refractivity contribution in [1.82, 2.24) is 15.3 Å². The van der Waals surface area contributed by atoms with Crippen LogP contribution >= 0.6 is 0 Å². The van der Waals surface area contributed by atoms with E-state index in [1.54, 1.807) is 12.1 Å². The van der Waals surface area contributed by atoms with Crippen molar-refractivity contribution >= 4 is 11.9 Å². The minimum atomic E-state index is -1.29. The van der Waals surface area contributed by atoms with Gasteiger partial charge in [0.2, 0.25) is 0 Å². The fraction of sp³-hybridized carbons (Fsp3) is 0.414. The molecule has 4 rings (SSSR count). The van der Waals surface area contributed by atoms with Crippen molar-refractivity contribution in [2.75, 3.05) is 0 Å². The summed E-state index contributed by atoms with van der Waals surface area (Å²) in [4.78, 5) is 30.6. The molecule has 0 saturated heterocycles. The number of amides is 1. The molecule has 2 aromatic carbocycles. The Morgan fingerprint density at radius 2 is 1.74 bits per heavy atom. The van der Waals surface area contributed by atoms with Gasteiger partial charge in [0.15, 0.2) is 0 Å². The van der Waals surface area contributed by atoms with Crippen LogP contribution in [-0.2, 0) is 4.79 Å². The Balaban J connectivity index is 0.000000352. The molecule has 1 amide bonds. The van der Waals surface area contributed by atoms with Gasteiger partial charge in [0, 0.05) is 23.9 Å². The molecule has 3 atom stereocenters. The summed E-state index contributed by atoms with van der Waals surface area (Å²) in [6, 6.07) is 15.8. The van der Waals surface area contributed by atoms with E-state index in [-0.39, 0.29) is 53.7 Å². The summed E-state index contributed by atoms with van der Waals surface area (Å²) in [6.45, 7) is 3.87. The molecule has 0 spiro atoms. The second-order valence-electron chi connectivity index (χ2n) is 9.64. The molecule has 0 bridgehead atoms. The zero-order valence-electron chi connectivity index (χ0n) is 22.7. The van der Waals surface area contributed by atoms with E-state index in [1.165, 1.54) is 12.1 Å². The van der Waals surface area contributed by atoms with Gasteiger partial charge in [0.05, 0.1) is 23.9 Å². The van der Waals surface area contributed by atoms with E-state index in [4.69, 9.17) is 10.2 Å². The molecule has 1 aliphatic rings. The third-order valence-electron chi connectivity index (χ3n) is 6.27. The number of hydrogen-bond donors (Lipinski definition) is 4. The van der Waals surface area contributed by atoms with E-state index in [1.807, 2.05) is 44.2 Å². The summed E-state index contributed by atoms with van der Waals surface area (Å²) < 4.78 is 13.2. The van der Waals surface area contributed by atoms with Gasteiger partial charge in [-0.25, -0.2) is 9.37 Å². The molecule has 1 fully saturated rings. The zero-order valence-corrected chi connectivity index (χ0v) is 24.7. The quantitative estimate of drug-likeness (QED) is 0.260. The molecule has 1 aromatic heterocycles. The predicted octanol–water partition coefficient (Wildman–Crippen LogP) is 0.627. The van der Waals surface area contributed by atoms with Crippen molar-refractivity contribution in [1.29, 1.82) is 0 Å². The van der Waals surface area contributed by atoms with Crippen LogP contribution in [0.1, 0.15) is 86.1 Å². The first-order valence-corrected chi connectivity index (χ1v) is 13.0. The van der Waals surface area contributed by atoms with Gasteiger partial charge in [-0.3, -0.25) is 4.79 Å². The third-order valence-corrected chi connectivity index (χ3v) is 6.27. The molecular formula is C29H35FN3NaO5. The van der Waals surface area contributed by atoms with Crippen molar-refractivity contribution in [2.24, 2.45) is 0 Å². The number of H-pyrrole nitrogens is 1. The van der Waals surface area contributed by atoms with Crippen LogP contribution in [-0.4, -0.2) is 44.3 Å². The Kier molecular flexibility index (Phi) is 13.3. The van der Waals surface area contributed by atoms with Crippen LogP contribution in [0.4, 0.5) is 4.39 Å². The number of carboxylic acid groups (broad SMARTS) is 1. The average Bonchev–Trinajstić information content (AvgIpc) is 3.63. The molecular weight excluding hydrogens is 512 g/mol. The first kappa shape index (κ1) is 32.7. The first-order valence-electron chi connectivity index (χ1n) is 13.0. The Bertz CT molecular complexity index is 1190. The smallest absolute Gasteiger partial charge is 0.550 e. The van der Waals surface area contributed by atoms with Gasteiger partial charge >= 0.3 is 29.6 Å². The van der Waals surface area contributed by atoms with Gasteiger partial charge in [0.1, 0.15) is 17.3 Å². The monoisotopic (exact) mass is 547 g/mol. The number of nitrogens with zero attached hydrogens (tertiary/aromatic N) is 1. The fourth-order valence-corrected chi connectivity index (χ4v) is 4.10. The van der Waals surface area contributed by atoms with E-state index < -0.39 is 24.6 Å². The average molecular weight is 548 g/mol. The number of nitrogens with one attached hydrogen (secondary N) is 2. The van der Waals surface area contributed by atoms with E-state index in [2.05, 4.69) is 15.3 Å². The number of carbonyl (C=O) groups is 2. The van der Waals surface area contributed by atoms with E-state index >= 15 is 0 Å². The number of aromatic nitrogens is 2. The maximum atomic E-state index is 13.2. The van der Waals surface area contributed by atoms with Crippen LogP contribution in [0.15, 0.2) is 54.6 Å².